The minimum Gasteiger partial charge on any atom is -0.465 e. The Balaban J connectivity index is 2.30. The van der Waals surface area contributed by atoms with E-state index in [1.165, 1.54) is 7.11 Å². The Hall–Kier alpha value is -2.54. The van der Waals surface area contributed by atoms with Gasteiger partial charge in [-0.3, -0.25) is 0 Å². The van der Waals surface area contributed by atoms with Crippen LogP contribution in [0.4, 0.5) is 10.5 Å². The number of aromatic nitrogens is 1. The van der Waals surface area contributed by atoms with Gasteiger partial charge in [-0.25, -0.2) is 9.59 Å². The fourth-order valence-corrected chi connectivity index (χ4v) is 1.86. The molecule has 0 bridgehead atoms. The summed E-state index contributed by atoms with van der Waals surface area (Å²) in [6, 6.07) is 4.55. The zero-order valence-electron chi connectivity index (χ0n) is 10.9. The van der Waals surface area contributed by atoms with E-state index in [1.54, 1.807) is 24.4 Å². The van der Waals surface area contributed by atoms with E-state index < -0.39 is 12.0 Å². The number of hydrogen-bond acceptors (Lipinski definition) is 4. The first-order chi connectivity index (χ1) is 9.65. The Morgan fingerprint density at radius 1 is 1.40 bits per heavy atom. The van der Waals surface area contributed by atoms with Crippen molar-refractivity contribution >= 4 is 28.6 Å². The molecule has 0 aliphatic heterocycles. The molecule has 106 valence electrons. The van der Waals surface area contributed by atoms with Crippen LogP contribution >= 0.6 is 0 Å². The van der Waals surface area contributed by atoms with Crippen LogP contribution in [0.5, 0.6) is 0 Å². The van der Waals surface area contributed by atoms with Crippen LogP contribution < -0.4 is 10.6 Å². The molecule has 0 unspecified atom stereocenters. The molecule has 0 aliphatic rings. The van der Waals surface area contributed by atoms with E-state index in [-0.39, 0.29) is 13.2 Å². The normalized spacial score (nSPS) is 10.3. The lowest BCUT2D eigenvalue weighted by atomic mass is 10.1. The van der Waals surface area contributed by atoms with Crippen molar-refractivity contribution in [1.29, 1.82) is 0 Å². The molecular formula is C13H15N3O4. The number of aliphatic hydroxyl groups is 1. The lowest BCUT2D eigenvalue weighted by molar-refractivity contribution is 0.0603. The van der Waals surface area contributed by atoms with Crippen LogP contribution in [0.3, 0.4) is 0 Å². The van der Waals surface area contributed by atoms with Crippen molar-refractivity contribution in [2.75, 3.05) is 25.6 Å². The van der Waals surface area contributed by atoms with E-state index in [0.717, 1.165) is 5.39 Å². The fourth-order valence-electron chi connectivity index (χ4n) is 1.86. The van der Waals surface area contributed by atoms with Gasteiger partial charge in [0.1, 0.15) is 0 Å². The molecule has 7 heteroatoms. The van der Waals surface area contributed by atoms with Crippen molar-refractivity contribution in [3.8, 4) is 0 Å². The van der Waals surface area contributed by atoms with Gasteiger partial charge in [-0.05, 0) is 18.2 Å². The molecule has 0 aliphatic carbocycles. The molecule has 0 fully saturated rings. The molecule has 0 radical (unpaired) electrons. The summed E-state index contributed by atoms with van der Waals surface area (Å²) in [6.45, 7) is 0.0108. The van der Waals surface area contributed by atoms with E-state index in [9.17, 15) is 9.59 Å². The predicted octanol–water partition coefficient (Wildman–Crippen LogP) is 1.07. The number of benzene rings is 1. The number of H-pyrrole nitrogens is 1. The molecule has 2 rings (SSSR count). The molecule has 7 nitrogen and oxygen atoms in total. The fraction of sp³-hybridized carbons (Fsp3) is 0.231. The third kappa shape index (κ3) is 2.89. The van der Waals surface area contributed by atoms with Crippen molar-refractivity contribution in [3.63, 3.8) is 0 Å². The van der Waals surface area contributed by atoms with Gasteiger partial charge in [0.05, 0.1) is 19.3 Å². The number of rotatable bonds is 4. The summed E-state index contributed by atoms with van der Waals surface area (Å²) < 4.78 is 4.72. The Labute approximate surface area is 114 Å². The number of aliphatic hydroxyl groups excluding tert-OH is 1. The standard InChI is InChI=1S/C13H15N3O4/c1-20-12(18)10-6-8(16-13(19)15-4-5-17)7-11-9(10)2-3-14-11/h2-3,6-7,14,17H,4-5H2,1H3,(H2,15,16,19). The second kappa shape index (κ2) is 6.07. The first-order valence-corrected chi connectivity index (χ1v) is 6.01. The SMILES string of the molecule is COC(=O)c1cc(NC(=O)NCCO)cc2[nH]ccc12. The number of anilines is 1. The molecule has 20 heavy (non-hydrogen) atoms. The van der Waals surface area contributed by atoms with Crippen LogP contribution in [-0.4, -0.2) is 42.4 Å². The van der Waals surface area contributed by atoms with Crippen LogP contribution in [0, 0.1) is 0 Å². The number of methoxy groups -OCH3 is 1. The van der Waals surface area contributed by atoms with Gasteiger partial charge in [-0.1, -0.05) is 0 Å². The maximum Gasteiger partial charge on any atom is 0.338 e. The molecule has 2 aromatic rings. The summed E-state index contributed by atoms with van der Waals surface area (Å²) in [7, 11) is 1.30. The quantitative estimate of drug-likeness (QED) is 0.627. The number of nitrogens with one attached hydrogen (secondary N) is 3. The van der Waals surface area contributed by atoms with E-state index in [0.29, 0.717) is 16.8 Å². The van der Waals surface area contributed by atoms with Gasteiger partial charge >= 0.3 is 12.0 Å². The molecule has 1 heterocycles. The molecule has 0 atom stereocenters. The van der Waals surface area contributed by atoms with E-state index in [1.807, 2.05) is 0 Å². The van der Waals surface area contributed by atoms with Gasteiger partial charge in [0.25, 0.3) is 0 Å². The van der Waals surface area contributed by atoms with Crippen LogP contribution in [-0.2, 0) is 4.74 Å². The van der Waals surface area contributed by atoms with Crippen LogP contribution in [0.2, 0.25) is 0 Å². The summed E-state index contributed by atoms with van der Waals surface area (Å²) in [4.78, 5) is 26.3. The van der Waals surface area contributed by atoms with E-state index in [4.69, 9.17) is 9.84 Å². The summed E-state index contributed by atoms with van der Waals surface area (Å²) in [5.74, 6) is -0.478. The van der Waals surface area contributed by atoms with E-state index in [2.05, 4.69) is 15.6 Å². The topological polar surface area (TPSA) is 103 Å². The molecule has 0 spiro atoms. The summed E-state index contributed by atoms with van der Waals surface area (Å²) in [5, 5.41) is 14.4. The average Bonchev–Trinajstić information content (AvgIpc) is 2.91. The predicted molar refractivity (Wildman–Crippen MR) is 73.7 cm³/mol. The second-order valence-electron chi connectivity index (χ2n) is 4.06. The van der Waals surface area contributed by atoms with Gasteiger partial charge in [0.15, 0.2) is 0 Å². The van der Waals surface area contributed by atoms with Crippen molar-refractivity contribution in [3.05, 3.63) is 30.0 Å². The Kier molecular flexibility index (Phi) is 4.21. The van der Waals surface area contributed by atoms with Gasteiger partial charge in [-0.2, -0.15) is 0 Å². The number of carbonyl (C=O) groups is 2. The zero-order valence-corrected chi connectivity index (χ0v) is 10.9. The lowest BCUT2D eigenvalue weighted by Gasteiger charge is -2.09. The summed E-state index contributed by atoms with van der Waals surface area (Å²) >= 11 is 0. The second-order valence-corrected chi connectivity index (χ2v) is 4.06. The highest BCUT2D eigenvalue weighted by molar-refractivity contribution is 6.06. The lowest BCUT2D eigenvalue weighted by Crippen LogP contribution is -2.31. The minimum atomic E-state index is -0.478. The molecular weight excluding hydrogens is 262 g/mol. The number of fused-ring (bicyclic) bond motifs is 1. The largest absolute Gasteiger partial charge is 0.465 e. The van der Waals surface area contributed by atoms with Crippen LogP contribution in [0.15, 0.2) is 24.4 Å². The number of hydrogen-bond donors (Lipinski definition) is 4. The molecule has 4 N–H and O–H groups in total. The molecule has 1 aromatic heterocycles. The number of urea groups is 1. The van der Waals surface area contributed by atoms with Crippen molar-refractivity contribution in [1.82, 2.24) is 10.3 Å². The maximum absolute atomic E-state index is 11.7. The van der Waals surface area contributed by atoms with Crippen molar-refractivity contribution in [2.24, 2.45) is 0 Å². The van der Waals surface area contributed by atoms with Gasteiger partial charge in [0.2, 0.25) is 0 Å². The number of carbonyl (C=O) groups excluding carboxylic acids is 2. The summed E-state index contributed by atoms with van der Waals surface area (Å²) in [6.07, 6.45) is 1.70. The number of aromatic amines is 1. The first-order valence-electron chi connectivity index (χ1n) is 6.01. The average molecular weight is 277 g/mol. The van der Waals surface area contributed by atoms with Gasteiger partial charge in [0, 0.05) is 29.3 Å². The zero-order chi connectivity index (χ0) is 14.5. The van der Waals surface area contributed by atoms with Crippen LogP contribution in [0.25, 0.3) is 10.9 Å². The number of ether oxygens (including phenoxy) is 1. The maximum atomic E-state index is 11.7. The Bertz CT molecular complexity index is 636. The molecule has 0 saturated heterocycles. The highest BCUT2D eigenvalue weighted by Gasteiger charge is 2.13. The third-order valence-electron chi connectivity index (χ3n) is 2.73. The monoisotopic (exact) mass is 277 g/mol. The highest BCUT2D eigenvalue weighted by Crippen LogP contribution is 2.23. The van der Waals surface area contributed by atoms with Crippen molar-refractivity contribution < 1.29 is 19.4 Å². The van der Waals surface area contributed by atoms with Crippen molar-refractivity contribution in [2.45, 2.75) is 0 Å². The Morgan fingerprint density at radius 3 is 2.90 bits per heavy atom. The summed E-state index contributed by atoms with van der Waals surface area (Å²) in [5.41, 5.74) is 1.53. The number of amides is 2. The molecule has 1 aromatic carbocycles. The van der Waals surface area contributed by atoms with Gasteiger partial charge < -0.3 is 25.5 Å². The van der Waals surface area contributed by atoms with Crippen LogP contribution in [0.1, 0.15) is 10.4 Å². The Morgan fingerprint density at radius 2 is 2.20 bits per heavy atom. The highest BCUT2D eigenvalue weighted by atomic mass is 16.5. The minimum absolute atomic E-state index is 0.142. The first kappa shape index (κ1) is 13.9. The molecule has 0 saturated carbocycles. The van der Waals surface area contributed by atoms with Gasteiger partial charge in [-0.15, -0.1) is 0 Å². The molecule has 2 amide bonds. The number of esters is 1. The smallest absolute Gasteiger partial charge is 0.338 e. The third-order valence-corrected chi connectivity index (χ3v) is 2.73. The van der Waals surface area contributed by atoms with E-state index >= 15 is 0 Å².